The summed E-state index contributed by atoms with van der Waals surface area (Å²) in [6.07, 6.45) is -5.00. The fourth-order valence-electron chi connectivity index (χ4n) is 5.13. The van der Waals surface area contributed by atoms with Gasteiger partial charge in [-0.1, -0.05) is 36.4 Å². The van der Waals surface area contributed by atoms with Crippen LogP contribution in [0.2, 0.25) is 0 Å². The predicted octanol–water partition coefficient (Wildman–Crippen LogP) is 7.11. The number of carbonyl (C=O) groups excluding carboxylic acids is 1. The molecule has 0 radical (unpaired) electrons. The van der Waals surface area contributed by atoms with Gasteiger partial charge in [-0.25, -0.2) is 23.2 Å². The van der Waals surface area contributed by atoms with Crippen molar-refractivity contribution in [3.8, 4) is 22.8 Å². The van der Waals surface area contributed by atoms with Gasteiger partial charge >= 0.3 is 12.1 Å². The number of ether oxygens (including phenoxy) is 2. The SMILES string of the molecule is CCOC(=O)c1cnn(-c2cccc(-c3cccc(C(F)F)c3OCc3ccc(C4CCNCC4)cc3)n2)c1C(F)(F)F. The number of benzene rings is 2. The highest BCUT2D eigenvalue weighted by atomic mass is 19.4. The molecular formula is C31H29F5N4O3. The maximum Gasteiger partial charge on any atom is 0.434 e. The summed E-state index contributed by atoms with van der Waals surface area (Å²) in [5.41, 5.74) is -0.279. The average molecular weight is 601 g/mol. The number of nitrogens with zero attached hydrogens (tertiary/aromatic N) is 3. The Morgan fingerprint density at radius 1 is 1.05 bits per heavy atom. The molecule has 12 heteroatoms. The van der Waals surface area contributed by atoms with E-state index in [1.54, 1.807) is 0 Å². The number of carbonyl (C=O) groups is 1. The van der Waals surface area contributed by atoms with Crippen LogP contribution in [0.4, 0.5) is 22.0 Å². The first-order valence-corrected chi connectivity index (χ1v) is 13.8. The van der Waals surface area contributed by atoms with E-state index in [1.807, 2.05) is 24.3 Å². The van der Waals surface area contributed by atoms with Gasteiger partial charge in [0.15, 0.2) is 11.5 Å². The number of pyridine rings is 1. The zero-order chi connectivity index (χ0) is 30.6. The summed E-state index contributed by atoms with van der Waals surface area (Å²) in [7, 11) is 0. The Bertz CT molecular complexity index is 1560. The van der Waals surface area contributed by atoms with Gasteiger partial charge in [0.1, 0.15) is 17.9 Å². The Kier molecular flexibility index (Phi) is 9.05. The minimum Gasteiger partial charge on any atom is -0.488 e. The van der Waals surface area contributed by atoms with Crippen LogP contribution in [-0.4, -0.2) is 40.4 Å². The molecule has 4 aromatic rings. The molecule has 2 aromatic carbocycles. The number of hydrogen-bond acceptors (Lipinski definition) is 6. The summed E-state index contributed by atoms with van der Waals surface area (Å²) in [6, 6.07) is 16.1. The molecule has 7 nitrogen and oxygen atoms in total. The second-order valence-corrected chi connectivity index (χ2v) is 10.00. The quantitative estimate of drug-likeness (QED) is 0.163. The van der Waals surface area contributed by atoms with E-state index in [0.717, 1.165) is 37.7 Å². The molecule has 2 aromatic heterocycles. The molecular weight excluding hydrogens is 571 g/mol. The second-order valence-electron chi connectivity index (χ2n) is 10.00. The van der Waals surface area contributed by atoms with Gasteiger partial charge in [-0.3, -0.25) is 0 Å². The lowest BCUT2D eigenvalue weighted by Gasteiger charge is -2.23. The Hall–Kier alpha value is -4.32. The summed E-state index contributed by atoms with van der Waals surface area (Å²) in [5, 5.41) is 7.09. The van der Waals surface area contributed by atoms with Crippen LogP contribution < -0.4 is 10.1 Å². The molecule has 1 saturated heterocycles. The van der Waals surface area contributed by atoms with E-state index < -0.39 is 29.8 Å². The zero-order valence-corrected chi connectivity index (χ0v) is 23.2. The highest BCUT2D eigenvalue weighted by molar-refractivity contribution is 5.90. The molecule has 5 rings (SSSR count). The van der Waals surface area contributed by atoms with Gasteiger partial charge in [-0.2, -0.15) is 18.3 Å². The Morgan fingerprint density at radius 2 is 1.77 bits per heavy atom. The number of hydrogen-bond donors (Lipinski definition) is 1. The number of rotatable bonds is 9. The molecule has 1 N–H and O–H groups in total. The van der Waals surface area contributed by atoms with Crippen molar-refractivity contribution in [3.63, 3.8) is 0 Å². The third-order valence-electron chi connectivity index (χ3n) is 7.21. The Balaban J connectivity index is 1.47. The van der Waals surface area contributed by atoms with Gasteiger partial charge < -0.3 is 14.8 Å². The number of halogens is 5. The van der Waals surface area contributed by atoms with Crippen molar-refractivity contribution in [3.05, 3.63) is 94.8 Å². The standard InChI is InChI=1S/C31H29F5N4O3/c1-2-42-30(41)24-17-38-40(28(24)31(34,35)36)26-8-4-7-25(39-26)22-5-3-6-23(29(32)33)27(22)43-18-19-9-11-20(12-10-19)21-13-15-37-16-14-21/h3-12,17,21,29,37H,2,13-16,18H2,1H3. The largest absolute Gasteiger partial charge is 0.488 e. The normalized spacial score (nSPS) is 14.2. The van der Waals surface area contributed by atoms with E-state index in [1.165, 1.54) is 48.9 Å². The van der Waals surface area contributed by atoms with Crippen LogP contribution in [0.3, 0.4) is 0 Å². The van der Waals surface area contributed by atoms with Crippen molar-refractivity contribution in [1.82, 2.24) is 20.1 Å². The van der Waals surface area contributed by atoms with Gasteiger partial charge in [0.2, 0.25) is 0 Å². The summed E-state index contributed by atoms with van der Waals surface area (Å²) in [6.45, 7) is 3.26. The van der Waals surface area contributed by atoms with E-state index in [4.69, 9.17) is 9.47 Å². The summed E-state index contributed by atoms with van der Waals surface area (Å²) in [5.74, 6) is -1.13. The van der Waals surface area contributed by atoms with Gasteiger partial charge in [-0.05, 0) is 74.2 Å². The van der Waals surface area contributed by atoms with Crippen molar-refractivity contribution in [2.45, 2.75) is 44.9 Å². The lowest BCUT2D eigenvalue weighted by atomic mass is 9.90. The number of para-hydroxylation sites is 1. The van der Waals surface area contributed by atoms with Gasteiger partial charge in [-0.15, -0.1) is 0 Å². The van der Waals surface area contributed by atoms with Gasteiger partial charge in [0.05, 0.1) is 24.1 Å². The predicted molar refractivity (Wildman–Crippen MR) is 148 cm³/mol. The minimum atomic E-state index is -4.97. The van der Waals surface area contributed by atoms with Crippen LogP contribution in [0.1, 0.15) is 64.9 Å². The van der Waals surface area contributed by atoms with E-state index in [-0.39, 0.29) is 41.6 Å². The monoisotopic (exact) mass is 600 g/mol. The van der Waals surface area contributed by atoms with Crippen LogP contribution in [0, 0.1) is 0 Å². The molecule has 1 fully saturated rings. The van der Waals surface area contributed by atoms with Gasteiger partial charge in [0, 0.05) is 5.56 Å². The van der Waals surface area contributed by atoms with Crippen molar-refractivity contribution >= 4 is 5.97 Å². The number of nitrogens with one attached hydrogen (secondary N) is 1. The molecule has 1 aliphatic rings. The molecule has 3 heterocycles. The first-order chi connectivity index (χ1) is 20.7. The molecule has 0 atom stereocenters. The molecule has 0 bridgehead atoms. The zero-order valence-electron chi connectivity index (χ0n) is 23.2. The van der Waals surface area contributed by atoms with E-state index in [2.05, 4.69) is 15.4 Å². The van der Waals surface area contributed by atoms with Crippen LogP contribution in [0.15, 0.2) is 66.9 Å². The molecule has 0 spiro atoms. The lowest BCUT2D eigenvalue weighted by Crippen LogP contribution is -2.26. The molecule has 0 unspecified atom stereocenters. The molecule has 0 saturated carbocycles. The molecule has 0 aliphatic carbocycles. The topological polar surface area (TPSA) is 78.3 Å². The number of alkyl halides is 5. The summed E-state index contributed by atoms with van der Waals surface area (Å²) < 4.78 is 81.5. The number of piperidine rings is 1. The number of aromatic nitrogens is 3. The van der Waals surface area contributed by atoms with E-state index in [0.29, 0.717) is 10.6 Å². The smallest absolute Gasteiger partial charge is 0.434 e. The molecule has 0 amide bonds. The van der Waals surface area contributed by atoms with Gasteiger partial charge in [0.25, 0.3) is 6.43 Å². The third-order valence-corrected chi connectivity index (χ3v) is 7.21. The maximum atomic E-state index is 14.1. The van der Waals surface area contributed by atoms with Crippen LogP contribution in [0.25, 0.3) is 17.1 Å². The maximum absolute atomic E-state index is 14.1. The second kappa shape index (κ2) is 12.9. The fourth-order valence-corrected chi connectivity index (χ4v) is 5.13. The Labute approximate surface area is 244 Å². The van der Waals surface area contributed by atoms with E-state index >= 15 is 0 Å². The van der Waals surface area contributed by atoms with Crippen molar-refractivity contribution in [1.29, 1.82) is 0 Å². The van der Waals surface area contributed by atoms with Crippen molar-refractivity contribution in [2.75, 3.05) is 19.7 Å². The minimum absolute atomic E-state index is 0.0107. The third kappa shape index (κ3) is 6.69. The highest BCUT2D eigenvalue weighted by Gasteiger charge is 2.41. The Morgan fingerprint density at radius 3 is 2.44 bits per heavy atom. The van der Waals surface area contributed by atoms with E-state index in [9.17, 15) is 26.7 Å². The van der Waals surface area contributed by atoms with Crippen LogP contribution in [-0.2, 0) is 17.5 Å². The van der Waals surface area contributed by atoms with Crippen molar-refractivity contribution in [2.24, 2.45) is 0 Å². The first kappa shape index (κ1) is 30.1. The van der Waals surface area contributed by atoms with Crippen LogP contribution >= 0.6 is 0 Å². The van der Waals surface area contributed by atoms with Crippen molar-refractivity contribution < 1.29 is 36.2 Å². The number of esters is 1. The van der Waals surface area contributed by atoms with Crippen LogP contribution in [0.5, 0.6) is 5.75 Å². The fraction of sp³-hybridized carbons (Fsp3) is 0.323. The molecule has 226 valence electrons. The summed E-state index contributed by atoms with van der Waals surface area (Å²) >= 11 is 0. The highest BCUT2D eigenvalue weighted by Crippen LogP contribution is 2.39. The average Bonchev–Trinajstić information content (AvgIpc) is 3.47. The molecule has 43 heavy (non-hydrogen) atoms. The summed E-state index contributed by atoms with van der Waals surface area (Å²) in [4.78, 5) is 16.5. The molecule has 1 aliphatic heterocycles. The first-order valence-electron chi connectivity index (χ1n) is 13.8. The lowest BCUT2D eigenvalue weighted by molar-refractivity contribution is -0.143.